The number of hydrogen-bond acceptors (Lipinski definition) is 2. The predicted molar refractivity (Wildman–Crippen MR) is 81.9 cm³/mol. The predicted octanol–water partition coefficient (Wildman–Crippen LogP) is 3.96. The fraction of sp³-hybridized carbons (Fsp3) is 0.235. The number of amides is 1. The van der Waals surface area contributed by atoms with Crippen molar-refractivity contribution in [2.75, 3.05) is 0 Å². The summed E-state index contributed by atoms with van der Waals surface area (Å²) in [4.78, 5) is 13.1. The summed E-state index contributed by atoms with van der Waals surface area (Å²) in [5.74, 6) is -1.22. The lowest BCUT2D eigenvalue weighted by molar-refractivity contribution is -0.131. The smallest absolute Gasteiger partial charge is 0.259 e. The Morgan fingerprint density at radius 3 is 2.68 bits per heavy atom. The van der Waals surface area contributed by atoms with Crippen LogP contribution in [-0.2, 0) is 16.9 Å². The maximum atomic E-state index is 14.8. The lowest BCUT2D eigenvalue weighted by Gasteiger charge is -2.29. The van der Waals surface area contributed by atoms with E-state index in [0.29, 0.717) is 18.4 Å². The maximum Gasteiger partial charge on any atom is 0.259 e. The molecule has 0 aliphatic heterocycles. The Hall–Kier alpha value is -1.88. The maximum absolute atomic E-state index is 14.8. The minimum absolute atomic E-state index is 0.131. The third-order valence-electron chi connectivity index (χ3n) is 3.89. The molecule has 5 heteroatoms. The van der Waals surface area contributed by atoms with Crippen LogP contribution >= 0.6 is 11.8 Å². The zero-order valence-corrected chi connectivity index (χ0v) is 12.6. The van der Waals surface area contributed by atoms with Crippen LogP contribution in [0.4, 0.5) is 8.78 Å². The molecule has 1 aliphatic carbocycles. The molecule has 0 radical (unpaired) electrons. The van der Waals surface area contributed by atoms with Gasteiger partial charge in [0, 0.05) is 15.4 Å². The number of benzene rings is 2. The Bertz CT molecular complexity index is 734. The van der Waals surface area contributed by atoms with Gasteiger partial charge >= 0.3 is 0 Å². The lowest BCUT2D eigenvalue weighted by atomic mass is 9.80. The standard InChI is InChI=1S/C17H15F2NOS/c18-12-4-1-5-13(10-12)22-14-6-7-15-11(9-14)3-2-8-17(15,19)16(20)21/h1,4-7,9-10H,2-3,8H2,(H2,20,21). The number of halogens is 2. The molecule has 2 aromatic carbocycles. The number of hydrogen-bond donors (Lipinski definition) is 1. The molecule has 0 bridgehead atoms. The molecule has 2 aromatic rings. The van der Waals surface area contributed by atoms with E-state index in [4.69, 9.17) is 5.73 Å². The monoisotopic (exact) mass is 319 g/mol. The van der Waals surface area contributed by atoms with Crippen LogP contribution in [0, 0.1) is 5.82 Å². The molecule has 0 saturated heterocycles. The highest BCUT2D eigenvalue weighted by Gasteiger charge is 2.42. The van der Waals surface area contributed by atoms with Crippen molar-refractivity contribution >= 4 is 17.7 Å². The van der Waals surface area contributed by atoms with Crippen molar-refractivity contribution in [2.24, 2.45) is 5.73 Å². The number of rotatable bonds is 3. The number of carbonyl (C=O) groups excluding carboxylic acids is 1. The first-order valence-corrected chi connectivity index (χ1v) is 7.86. The SMILES string of the molecule is NC(=O)C1(F)CCCc2cc(Sc3cccc(F)c3)ccc21. The van der Waals surface area contributed by atoms with Gasteiger partial charge in [0.15, 0.2) is 0 Å². The first kappa shape index (κ1) is 15.0. The summed E-state index contributed by atoms with van der Waals surface area (Å²) in [6.45, 7) is 0. The van der Waals surface area contributed by atoms with E-state index >= 15 is 0 Å². The number of carbonyl (C=O) groups is 1. The minimum atomic E-state index is -2.07. The Kier molecular flexibility index (Phi) is 3.91. The largest absolute Gasteiger partial charge is 0.367 e. The highest BCUT2D eigenvalue weighted by atomic mass is 32.2. The Balaban J connectivity index is 1.93. The van der Waals surface area contributed by atoms with Gasteiger partial charge in [0.1, 0.15) is 5.82 Å². The van der Waals surface area contributed by atoms with E-state index in [9.17, 15) is 13.6 Å². The Labute approximate surface area is 131 Å². The van der Waals surface area contributed by atoms with Gasteiger partial charge in [-0.15, -0.1) is 0 Å². The number of fused-ring (bicyclic) bond motifs is 1. The molecule has 2 N–H and O–H groups in total. The van der Waals surface area contributed by atoms with Crippen LogP contribution in [-0.4, -0.2) is 5.91 Å². The second-order valence-electron chi connectivity index (χ2n) is 5.40. The molecule has 0 fully saturated rings. The van der Waals surface area contributed by atoms with Gasteiger partial charge in [0.2, 0.25) is 5.67 Å². The normalized spacial score (nSPS) is 20.5. The van der Waals surface area contributed by atoms with E-state index < -0.39 is 11.6 Å². The summed E-state index contributed by atoms with van der Waals surface area (Å²) in [5.41, 5.74) is 4.33. The first-order chi connectivity index (χ1) is 10.5. The second kappa shape index (κ2) is 5.72. The van der Waals surface area contributed by atoms with E-state index in [1.165, 1.54) is 23.9 Å². The average Bonchev–Trinajstić information content (AvgIpc) is 2.47. The molecule has 0 heterocycles. The summed E-state index contributed by atoms with van der Waals surface area (Å²) in [7, 11) is 0. The van der Waals surface area contributed by atoms with Crippen LogP contribution in [0.15, 0.2) is 52.3 Å². The number of aryl methyl sites for hydroxylation is 1. The molecule has 2 nitrogen and oxygen atoms in total. The van der Waals surface area contributed by atoms with Gasteiger partial charge in [0.05, 0.1) is 0 Å². The van der Waals surface area contributed by atoms with Gasteiger partial charge < -0.3 is 5.73 Å². The molecule has 1 aliphatic rings. The minimum Gasteiger partial charge on any atom is -0.367 e. The zero-order valence-electron chi connectivity index (χ0n) is 11.8. The van der Waals surface area contributed by atoms with Crippen molar-refractivity contribution in [3.05, 3.63) is 59.4 Å². The summed E-state index contributed by atoms with van der Waals surface area (Å²) in [6.07, 6.45) is 1.43. The van der Waals surface area contributed by atoms with Crippen molar-refractivity contribution in [2.45, 2.75) is 34.7 Å². The number of nitrogens with two attached hydrogens (primary N) is 1. The third-order valence-corrected chi connectivity index (χ3v) is 4.87. The molecular weight excluding hydrogens is 304 g/mol. The quantitative estimate of drug-likeness (QED) is 0.930. The van der Waals surface area contributed by atoms with Crippen LogP contribution in [0.1, 0.15) is 24.0 Å². The van der Waals surface area contributed by atoms with Crippen molar-refractivity contribution in [3.63, 3.8) is 0 Å². The van der Waals surface area contributed by atoms with Crippen molar-refractivity contribution in [1.29, 1.82) is 0 Å². The van der Waals surface area contributed by atoms with Crippen molar-refractivity contribution in [1.82, 2.24) is 0 Å². The molecule has 1 amide bonds. The highest BCUT2D eigenvalue weighted by molar-refractivity contribution is 7.99. The molecule has 0 spiro atoms. The van der Waals surface area contributed by atoms with Gasteiger partial charge in [-0.1, -0.05) is 23.9 Å². The topological polar surface area (TPSA) is 43.1 Å². The van der Waals surface area contributed by atoms with E-state index in [1.54, 1.807) is 18.2 Å². The van der Waals surface area contributed by atoms with E-state index in [2.05, 4.69) is 0 Å². The van der Waals surface area contributed by atoms with Gasteiger partial charge in [-0.05, 0) is 55.2 Å². The van der Waals surface area contributed by atoms with Crippen LogP contribution in [0.2, 0.25) is 0 Å². The molecule has 1 unspecified atom stereocenters. The second-order valence-corrected chi connectivity index (χ2v) is 6.54. The van der Waals surface area contributed by atoms with Gasteiger partial charge in [-0.2, -0.15) is 0 Å². The van der Waals surface area contributed by atoms with Crippen LogP contribution < -0.4 is 5.73 Å². The van der Waals surface area contributed by atoms with E-state index in [0.717, 1.165) is 15.4 Å². The average molecular weight is 319 g/mol. The van der Waals surface area contributed by atoms with Crippen LogP contribution in [0.3, 0.4) is 0 Å². The lowest BCUT2D eigenvalue weighted by Crippen LogP contribution is -2.40. The summed E-state index contributed by atoms with van der Waals surface area (Å²) in [5, 5.41) is 0. The van der Waals surface area contributed by atoms with E-state index in [1.807, 2.05) is 12.1 Å². The molecule has 0 saturated carbocycles. The molecular formula is C17H15F2NOS. The summed E-state index contributed by atoms with van der Waals surface area (Å²) >= 11 is 1.40. The molecule has 22 heavy (non-hydrogen) atoms. The molecule has 3 rings (SSSR count). The fourth-order valence-corrected chi connectivity index (χ4v) is 3.73. The van der Waals surface area contributed by atoms with Gasteiger partial charge in [0.25, 0.3) is 5.91 Å². The summed E-state index contributed by atoms with van der Waals surface area (Å²) < 4.78 is 28.0. The van der Waals surface area contributed by atoms with Crippen molar-refractivity contribution < 1.29 is 13.6 Å². The van der Waals surface area contributed by atoms with Gasteiger partial charge in [-0.3, -0.25) is 4.79 Å². The third kappa shape index (κ3) is 2.73. The van der Waals surface area contributed by atoms with Crippen LogP contribution in [0.25, 0.3) is 0 Å². The fourth-order valence-electron chi connectivity index (χ4n) is 2.81. The summed E-state index contributed by atoms with van der Waals surface area (Å²) in [6, 6.07) is 11.5. The molecule has 114 valence electrons. The molecule has 0 aromatic heterocycles. The van der Waals surface area contributed by atoms with Gasteiger partial charge in [-0.25, -0.2) is 8.78 Å². The Morgan fingerprint density at radius 1 is 1.18 bits per heavy atom. The van der Waals surface area contributed by atoms with Crippen LogP contribution in [0.5, 0.6) is 0 Å². The number of primary amides is 1. The zero-order chi connectivity index (χ0) is 15.7. The van der Waals surface area contributed by atoms with Crippen molar-refractivity contribution in [3.8, 4) is 0 Å². The Morgan fingerprint density at radius 2 is 1.95 bits per heavy atom. The highest BCUT2D eigenvalue weighted by Crippen LogP contribution is 2.40. The number of alkyl halides is 1. The van der Waals surface area contributed by atoms with E-state index in [-0.39, 0.29) is 12.2 Å². The first-order valence-electron chi connectivity index (χ1n) is 7.05. The molecule has 1 atom stereocenters.